The molecule has 1 fully saturated rings. The summed E-state index contributed by atoms with van der Waals surface area (Å²) in [7, 11) is -3.02. The van der Waals surface area contributed by atoms with E-state index >= 15 is 0 Å². The van der Waals surface area contributed by atoms with Gasteiger partial charge in [0.1, 0.15) is 0 Å². The van der Waals surface area contributed by atoms with E-state index in [-0.39, 0.29) is 24.1 Å². The van der Waals surface area contributed by atoms with Gasteiger partial charge in [0.15, 0.2) is 9.84 Å². The molecule has 0 aromatic heterocycles. The maximum atomic E-state index is 12.0. The Kier molecular flexibility index (Phi) is 5.83. The zero-order valence-electron chi connectivity index (χ0n) is 13.0. The zero-order valence-corrected chi connectivity index (χ0v) is 13.8. The summed E-state index contributed by atoms with van der Waals surface area (Å²) in [4.78, 5) is 13.8. The second-order valence-corrected chi connectivity index (χ2v) is 8.11. The molecule has 1 aliphatic heterocycles. The van der Waals surface area contributed by atoms with Gasteiger partial charge in [-0.15, -0.1) is 0 Å². The molecule has 1 heterocycles. The molecule has 2 amide bonds. The summed E-state index contributed by atoms with van der Waals surface area (Å²) in [5.41, 5.74) is 1.33. The van der Waals surface area contributed by atoms with Gasteiger partial charge in [-0.1, -0.05) is 37.3 Å². The van der Waals surface area contributed by atoms with Crippen LogP contribution in [0.25, 0.3) is 0 Å². The number of rotatable bonds is 5. The van der Waals surface area contributed by atoms with Gasteiger partial charge in [-0.2, -0.15) is 0 Å². The van der Waals surface area contributed by atoms with Crippen molar-refractivity contribution >= 4 is 15.9 Å². The Morgan fingerprint density at radius 3 is 2.45 bits per heavy atom. The van der Waals surface area contributed by atoms with Gasteiger partial charge in [0.2, 0.25) is 0 Å². The first-order valence-electron chi connectivity index (χ1n) is 7.80. The molecule has 122 valence electrons. The minimum absolute atomic E-state index is 0.00964. The number of piperidine rings is 1. The second-order valence-electron chi connectivity index (χ2n) is 5.64. The van der Waals surface area contributed by atoms with E-state index in [0.29, 0.717) is 19.0 Å². The number of nitrogens with one attached hydrogen (secondary N) is 1. The molecule has 0 radical (unpaired) electrons. The van der Waals surface area contributed by atoms with E-state index in [1.807, 2.05) is 18.2 Å². The fraction of sp³-hybridized carbons (Fsp3) is 0.562. The standard InChI is InChI=1S/C16H24N2O3S/c1-2-22(20,21)13-10-17-16(19)18-11-8-15(9-12-18)14-6-4-3-5-7-14/h3-7,15H,2,8-13H2,1H3,(H,17,19). The van der Waals surface area contributed by atoms with Crippen molar-refractivity contribution in [2.24, 2.45) is 0 Å². The van der Waals surface area contributed by atoms with Gasteiger partial charge >= 0.3 is 6.03 Å². The van der Waals surface area contributed by atoms with E-state index in [9.17, 15) is 13.2 Å². The number of urea groups is 1. The van der Waals surface area contributed by atoms with Crippen LogP contribution in [0.15, 0.2) is 30.3 Å². The average molecular weight is 324 g/mol. The van der Waals surface area contributed by atoms with E-state index in [1.165, 1.54) is 5.56 Å². The van der Waals surface area contributed by atoms with Crippen LogP contribution < -0.4 is 5.32 Å². The molecule has 22 heavy (non-hydrogen) atoms. The van der Waals surface area contributed by atoms with Gasteiger partial charge in [-0.25, -0.2) is 13.2 Å². The topological polar surface area (TPSA) is 66.5 Å². The first-order chi connectivity index (χ1) is 10.5. The summed E-state index contributed by atoms with van der Waals surface area (Å²) >= 11 is 0. The molecule has 0 bridgehead atoms. The Hall–Kier alpha value is -1.56. The normalized spacial score (nSPS) is 16.5. The monoisotopic (exact) mass is 324 g/mol. The highest BCUT2D eigenvalue weighted by Crippen LogP contribution is 2.27. The lowest BCUT2D eigenvalue weighted by Gasteiger charge is -2.32. The van der Waals surface area contributed by atoms with Crippen LogP contribution >= 0.6 is 0 Å². The summed E-state index contributed by atoms with van der Waals surface area (Å²) in [5, 5.41) is 2.71. The van der Waals surface area contributed by atoms with Crippen LogP contribution in [0.5, 0.6) is 0 Å². The van der Waals surface area contributed by atoms with Crippen LogP contribution in [0.1, 0.15) is 31.2 Å². The van der Waals surface area contributed by atoms with Gasteiger partial charge in [0.25, 0.3) is 0 Å². The number of nitrogens with zero attached hydrogens (tertiary/aromatic N) is 1. The second kappa shape index (κ2) is 7.63. The number of hydrogen-bond acceptors (Lipinski definition) is 3. The van der Waals surface area contributed by atoms with E-state index in [2.05, 4.69) is 17.4 Å². The Balaban J connectivity index is 1.76. The molecular formula is C16H24N2O3S. The summed E-state index contributed by atoms with van der Waals surface area (Å²) in [6.45, 7) is 3.23. The van der Waals surface area contributed by atoms with Gasteiger partial charge in [0, 0.05) is 25.4 Å². The van der Waals surface area contributed by atoms with Crippen molar-refractivity contribution in [1.82, 2.24) is 10.2 Å². The predicted molar refractivity (Wildman–Crippen MR) is 87.7 cm³/mol. The van der Waals surface area contributed by atoms with Crippen molar-refractivity contribution in [2.45, 2.75) is 25.7 Å². The molecule has 0 unspecified atom stereocenters. The third kappa shape index (κ3) is 4.73. The third-order valence-corrected chi connectivity index (χ3v) is 5.89. The highest BCUT2D eigenvalue weighted by molar-refractivity contribution is 7.91. The molecular weight excluding hydrogens is 300 g/mol. The molecule has 1 aromatic rings. The molecule has 1 aliphatic rings. The number of hydrogen-bond donors (Lipinski definition) is 1. The van der Waals surface area contributed by atoms with Crippen molar-refractivity contribution in [3.8, 4) is 0 Å². The van der Waals surface area contributed by atoms with Crippen LogP contribution in [0.2, 0.25) is 0 Å². The summed E-state index contributed by atoms with van der Waals surface area (Å²) in [6, 6.07) is 10.2. The first kappa shape index (κ1) is 16.8. The molecule has 6 heteroatoms. The Morgan fingerprint density at radius 1 is 1.23 bits per heavy atom. The Labute approximate surface area is 132 Å². The fourth-order valence-corrected chi connectivity index (χ4v) is 3.41. The Bertz CT molecular complexity index is 579. The quantitative estimate of drug-likeness (QED) is 0.901. The van der Waals surface area contributed by atoms with Crippen LogP contribution in [0.3, 0.4) is 0 Å². The Morgan fingerprint density at radius 2 is 1.86 bits per heavy atom. The molecule has 0 saturated carbocycles. The fourth-order valence-electron chi connectivity index (χ4n) is 2.71. The van der Waals surface area contributed by atoms with Gasteiger partial charge in [0.05, 0.1) is 5.75 Å². The van der Waals surface area contributed by atoms with Crippen molar-refractivity contribution < 1.29 is 13.2 Å². The molecule has 0 atom stereocenters. The van der Waals surface area contributed by atoms with Crippen molar-refractivity contribution in [3.05, 3.63) is 35.9 Å². The molecule has 0 spiro atoms. The smallest absolute Gasteiger partial charge is 0.317 e. The number of sulfone groups is 1. The number of carbonyl (C=O) groups is 1. The highest BCUT2D eigenvalue weighted by Gasteiger charge is 2.23. The first-order valence-corrected chi connectivity index (χ1v) is 9.62. The van der Waals surface area contributed by atoms with E-state index in [4.69, 9.17) is 0 Å². The minimum Gasteiger partial charge on any atom is -0.337 e. The largest absolute Gasteiger partial charge is 0.337 e. The number of amides is 2. The van der Waals surface area contributed by atoms with Gasteiger partial charge in [-0.3, -0.25) is 0 Å². The number of carbonyl (C=O) groups excluding carboxylic acids is 1. The van der Waals surface area contributed by atoms with Crippen LogP contribution in [0, 0.1) is 0 Å². The maximum Gasteiger partial charge on any atom is 0.317 e. The average Bonchev–Trinajstić information content (AvgIpc) is 2.55. The molecule has 2 rings (SSSR count). The summed E-state index contributed by atoms with van der Waals surface area (Å²) < 4.78 is 22.8. The maximum absolute atomic E-state index is 12.0. The molecule has 1 aromatic carbocycles. The van der Waals surface area contributed by atoms with Crippen LogP contribution in [-0.4, -0.2) is 50.5 Å². The van der Waals surface area contributed by atoms with E-state index in [0.717, 1.165) is 12.8 Å². The van der Waals surface area contributed by atoms with Gasteiger partial charge < -0.3 is 10.2 Å². The predicted octanol–water partition coefficient (Wildman–Crippen LogP) is 2.01. The van der Waals surface area contributed by atoms with Crippen LogP contribution in [-0.2, 0) is 9.84 Å². The van der Waals surface area contributed by atoms with E-state index < -0.39 is 9.84 Å². The summed E-state index contributed by atoms with van der Waals surface area (Å²) in [6.07, 6.45) is 1.90. The third-order valence-electron chi connectivity index (χ3n) is 4.18. The minimum atomic E-state index is -3.02. The molecule has 1 N–H and O–H groups in total. The summed E-state index contributed by atoms with van der Waals surface area (Å²) in [5.74, 6) is 0.631. The van der Waals surface area contributed by atoms with Crippen molar-refractivity contribution in [2.75, 3.05) is 31.1 Å². The molecule has 1 saturated heterocycles. The highest BCUT2D eigenvalue weighted by atomic mass is 32.2. The lowest BCUT2D eigenvalue weighted by atomic mass is 9.90. The van der Waals surface area contributed by atoms with E-state index in [1.54, 1.807) is 11.8 Å². The molecule has 0 aliphatic carbocycles. The van der Waals surface area contributed by atoms with Crippen molar-refractivity contribution in [1.29, 1.82) is 0 Å². The van der Waals surface area contributed by atoms with Crippen LogP contribution in [0.4, 0.5) is 4.79 Å². The number of likely N-dealkylation sites (tertiary alicyclic amines) is 1. The SMILES string of the molecule is CCS(=O)(=O)CCNC(=O)N1CCC(c2ccccc2)CC1. The van der Waals surface area contributed by atoms with Gasteiger partial charge in [-0.05, 0) is 24.3 Å². The molecule has 5 nitrogen and oxygen atoms in total. The number of benzene rings is 1. The lowest BCUT2D eigenvalue weighted by molar-refractivity contribution is 0.182. The lowest BCUT2D eigenvalue weighted by Crippen LogP contribution is -2.45. The zero-order chi connectivity index (χ0) is 16.0. The van der Waals surface area contributed by atoms with Crippen molar-refractivity contribution in [3.63, 3.8) is 0 Å².